The Labute approximate surface area is 137 Å². The van der Waals surface area contributed by atoms with Crippen molar-refractivity contribution in [2.45, 2.75) is 18.9 Å². The van der Waals surface area contributed by atoms with Crippen LogP contribution in [0, 0.1) is 0 Å². The highest BCUT2D eigenvalue weighted by Crippen LogP contribution is 2.32. The Morgan fingerprint density at radius 3 is 2.65 bits per heavy atom. The molecule has 0 spiro atoms. The molecule has 1 atom stereocenters. The standard InChI is InChI=1S/C19H22N2O2/c1-21(12-14-7-9-16(23-2)10-8-14)13-15-11-19(22)20-18-6-4-3-5-17(15)18/h3-10,15H,11-13H2,1-2H3,(H,20,22). The number of likely N-dealkylation sites (N-methyl/N-ethyl adjacent to an activating group) is 1. The van der Waals surface area contributed by atoms with Crippen molar-refractivity contribution in [3.05, 3.63) is 59.7 Å². The second-order valence-electron chi connectivity index (χ2n) is 6.08. The van der Waals surface area contributed by atoms with Gasteiger partial charge < -0.3 is 15.0 Å². The van der Waals surface area contributed by atoms with Gasteiger partial charge in [0.05, 0.1) is 7.11 Å². The molecule has 0 aliphatic carbocycles. The molecule has 0 radical (unpaired) electrons. The molecule has 0 aromatic heterocycles. The number of rotatable bonds is 5. The Hall–Kier alpha value is -2.33. The summed E-state index contributed by atoms with van der Waals surface area (Å²) in [7, 11) is 3.77. The first-order valence-electron chi connectivity index (χ1n) is 7.86. The Bertz CT molecular complexity index is 682. The van der Waals surface area contributed by atoms with E-state index in [1.807, 2.05) is 30.3 Å². The van der Waals surface area contributed by atoms with Crippen molar-refractivity contribution >= 4 is 11.6 Å². The number of carbonyl (C=O) groups excluding carboxylic acids is 1. The van der Waals surface area contributed by atoms with Crippen LogP contribution in [0.25, 0.3) is 0 Å². The number of nitrogens with zero attached hydrogens (tertiary/aromatic N) is 1. The van der Waals surface area contributed by atoms with E-state index in [0.29, 0.717) is 6.42 Å². The van der Waals surface area contributed by atoms with Gasteiger partial charge in [0, 0.05) is 31.1 Å². The summed E-state index contributed by atoms with van der Waals surface area (Å²) in [6, 6.07) is 16.2. The molecule has 23 heavy (non-hydrogen) atoms. The minimum Gasteiger partial charge on any atom is -0.497 e. The predicted octanol–water partition coefficient (Wildman–Crippen LogP) is 3.25. The Morgan fingerprint density at radius 1 is 1.17 bits per heavy atom. The first-order chi connectivity index (χ1) is 11.2. The lowest BCUT2D eigenvalue weighted by Crippen LogP contribution is -2.31. The quantitative estimate of drug-likeness (QED) is 0.921. The van der Waals surface area contributed by atoms with Crippen molar-refractivity contribution in [1.82, 2.24) is 4.90 Å². The highest BCUT2D eigenvalue weighted by Gasteiger charge is 2.25. The summed E-state index contributed by atoms with van der Waals surface area (Å²) in [5.41, 5.74) is 3.42. The predicted molar refractivity (Wildman–Crippen MR) is 91.8 cm³/mol. The van der Waals surface area contributed by atoms with Gasteiger partial charge in [0.25, 0.3) is 0 Å². The van der Waals surface area contributed by atoms with Crippen LogP contribution < -0.4 is 10.1 Å². The number of anilines is 1. The van der Waals surface area contributed by atoms with Gasteiger partial charge in [-0.15, -0.1) is 0 Å². The number of amides is 1. The number of fused-ring (bicyclic) bond motifs is 1. The van der Waals surface area contributed by atoms with Crippen molar-refractivity contribution in [3.63, 3.8) is 0 Å². The van der Waals surface area contributed by atoms with Crippen LogP contribution in [0.3, 0.4) is 0 Å². The molecule has 0 fully saturated rings. The summed E-state index contributed by atoms with van der Waals surface area (Å²) < 4.78 is 5.19. The van der Waals surface area contributed by atoms with Gasteiger partial charge in [-0.05, 0) is 36.4 Å². The molecular weight excluding hydrogens is 288 g/mol. The lowest BCUT2D eigenvalue weighted by molar-refractivity contribution is -0.116. The van der Waals surface area contributed by atoms with Crippen LogP contribution in [-0.2, 0) is 11.3 Å². The van der Waals surface area contributed by atoms with Crippen LogP contribution in [0.15, 0.2) is 48.5 Å². The monoisotopic (exact) mass is 310 g/mol. The number of carbonyl (C=O) groups is 1. The van der Waals surface area contributed by atoms with Crippen molar-refractivity contribution < 1.29 is 9.53 Å². The number of benzene rings is 2. The molecule has 0 saturated heterocycles. The molecule has 1 N–H and O–H groups in total. The maximum Gasteiger partial charge on any atom is 0.225 e. The van der Waals surface area contributed by atoms with Gasteiger partial charge in [0.2, 0.25) is 5.91 Å². The highest BCUT2D eigenvalue weighted by molar-refractivity contribution is 5.94. The van der Waals surface area contributed by atoms with E-state index in [4.69, 9.17) is 4.74 Å². The van der Waals surface area contributed by atoms with Gasteiger partial charge in [-0.2, -0.15) is 0 Å². The number of para-hydroxylation sites is 1. The topological polar surface area (TPSA) is 41.6 Å². The van der Waals surface area contributed by atoms with Gasteiger partial charge >= 0.3 is 0 Å². The highest BCUT2D eigenvalue weighted by atomic mass is 16.5. The van der Waals surface area contributed by atoms with Gasteiger partial charge in [0.15, 0.2) is 0 Å². The molecule has 3 rings (SSSR count). The molecule has 4 heteroatoms. The van der Waals surface area contributed by atoms with E-state index in [9.17, 15) is 4.79 Å². The van der Waals surface area contributed by atoms with E-state index in [0.717, 1.165) is 24.5 Å². The van der Waals surface area contributed by atoms with Gasteiger partial charge in [-0.25, -0.2) is 0 Å². The summed E-state index contributed by atoms with van der Waals surface area (Å²) in [5, 5.41) is 2.95. The summed E-state index contributed by atoms with van der Waals surface area (Å²) in [5.74, 6) is 1.21. The maximum absolute atomic E-state index is 11.9. The summed E-state index contributed by atoms with van der Waals surface area (Å²) in [6.07, 6.45) is 0.546. The molecule has 0 saturated carbocycles. The molecule has 4 nitrogen and oxygen atoms in total. The second-order valence-corrected chi connectivity index (χ2v) is 6.08. The van der Waals surface area contributed by atoms with Crippen LogP contribution >= 0.6 is 0 Å². The molecule has 1 aliphatic rings. The van der Waals surface area contributed by atoms with E-state index in [2.05, 4.69) is 35.5 Å². The van der Waals surface area contributed by atoms with Crippen LogP contribution in [0.5, 0.6) is 5.75 Å². The van der Waals surface area contributed by atoms with Crippen LogP contribution in [-0.4, -0.2) is 31.5 Å². The van der Waals surface area contributed by atoms with Crippen LogP contribution in [0.1, 0.15) is 23.5 Å². The first kappa shape index (κ1) is 15.6. The molecule has 120 valence electrons. The zero-order valence-electron chi connectivity index (χ0n) is 13.6. The van der Waals surface area contributed by atoms with Crippen molar-refractivity contribution in [2.75, 3.05) is 26.0 Å². The molecule has 0 bridgehead atoms. The number of hydrogen-bond acceptors (Lipinski definition) is 3. The maximum atomic E-state index is 11.9. The third-order valence-electron chi connectivity index (χ3n) is 4.25. The molecule has 2 aromatic rings. The first-order valence-corrected chi connectivity index (χ1v) is 7.86. The average Bonchev–Trinajstić information content (AvgIpc) is 2.55. The Balaban J connectivity index is 1.67. The molecule has 1 unspecified atom stereocenters. The van der Waals surface area contributed by atoms with Crippen LogP contribution in [0.2, 0.25) is 0 Å². The van der Waals surface area contributed by atoms with Crippen molar-refractivity contribution in [3.8, 4) is 5.75 Å². The third kappa shape index (κ3) is 3.71. The van der Waals surface area contributed by atoms with E-state index >= 15 is 0 Å². The minimum atomic E-state index is 0.103. The number of ether oxygens (including phenoxy) is 1. The Morgan fingerprint density at radius 2 is 1.91 bits per heavy atom. The molecular formula is C19H22N2O2. The molecule has 1 aliphatic heterocycles. The fourth-order valence-corrected chi connectivity index (χ4v) is 3.15. The number of nitrogens with one attached hydrogen (secondary N) is 1. The largest absolute Gasteiger partial charge is 0.497 e. The molecule has 1 amide bonds. The summed E-state index contributed by atoms with van der Waals surface area (Å²) in [4.78, 5) is 14.2. The molecule has 1 heterocycles. The van der Waals surface area contributed by atoms with Crippen molar-refractivity contribution in [1.29, 1.82) is 0 Å². The zero-order chi connectivity index (χ0) is 16.2. The number of hydrogen-bond donors (Lipinski definition) is 1. The third-order valence-corrected chi connectivity index (χ3v) is 4.25. The summed E-state index contributed by atoms with van der Waals surface area (Å²) >= 11 is 0. The van der Waals surface area contributed by atoms with E-state index in [1.54, 1.807) is 7.11 Å². The zero-order valence-corrected chi connectivity index (χ0v) is 13.6. The SMILES string of the molecule is COc1ccc(CN(C)CC2CC(=O)Nc3ccccc32)cc1. The Kier molecular flexibility index (Phi) is 4.63. The fourth-order valence-electron chi connectivity index (χ4n) is 3.15. The van der Waals surface area contributed by atoms with E-state index < -0.39 is 0 Å². The lowest BCUT2D eigenvalue weighted by atomic mass is 9.90. The van der Waals surface area contributed by atoms with Gasteiger partial charge in [-0.1, -0.05) is 30.3 Å². The second kappa shape index (κ2) is 6.84. The van der Waals surface area contributed by atoms with Crippen molar-refractivity contribution in [2.24, 2.45) is 0 Å². The number of methoxy groups -OCH3 is 1. The average molecular weight is 310 g/mol. The van der Waals surface area contributed by atoms with Crippen LogP contribution in [0.4, 0.5) is 5.69 Å². The van der Waals surface area contributed by atoms with E-state index in [1.165, 1.54) is 11.1 Å². The minimum absolute atomic E-state index is 0.103. The fraction of sp³-hybridized carbons (Fsp3) is 0.316. The normalized spacial score (nSPS) is 16.8. The smallest absolute Gasteiger partial charge is 0.225 e. The lowest BCUT2D eigenvalue weighted by Gasteiger charge is -2.29. The molecule has 2 aromatic carbocycles. The van der Waals surface area contributed by atoms with Gasteiger partial charge in [0.1, 0.15) is 5.75 Å². The van der Waals surface area contributed by atoms with E-state index in [-0.39, 0.29) is 11.8 Å². The van der Waals surface area contributed by atoms with Gasteiger partial charge in [-0.3, -0.25) is 4.79 Å². The summed E-state index contributed by atoms with van der Waals surface area (Å²) in [6.45, 7) is 1.71.